The molecule has 0 unspecified atom stereocenters. The molecule has 0 spiro atoms. The fourth-order valence-electron chi connectivity index (χ4n) is 4.75. The van der Waals surface area contributed by atoms with Crippen molar-refractivity contribution in [3.63, 3.8) is 0 Å². The van der Waals surface area contributed by atoms with E-state index in [1.165, 1.54) is 14.2 Å². The van der Waals surface area contributed by atoms with Crippen LogP contribution >= 0.6 is 11.6 Å². The van der Waals surface area contributed by atoms with Gasteiger partial charge in [-0.2, -0.15) is 0 Å². The third kappa shape index (κ3) is 10.1. The van der Waals surface area contributed by atoms with Crippen molar-refractivity contribution in [1.82, 2.24) is 20.4 Å². The molecule has 2 aromatic carbocycles. The van der Waals surface area contributed by atoms with Crippen molar-refractivity contribution < 1.29 is 33.4 Å². The zero-order chi connectivity index (χ0) is 31.4. The Bertz CT molecular complexity index is 1290. The van der Waals surface area contributed by atoms with E-state index in [4.69, 9.17) is 25.8 Å². The third-order valence-corrected chi connectivity index (χ3v) is 7.36. The Labute approximate surface area is 257 Å². The van der Waals surface area contributed by atoms with Crippen LogP contribution in [-0.4, -0.2) is 93.5 Å². The van der Waals surface area contributed by atoms with Crippen LogP contribution in [0.1, 0.15) is 48.5 Å². The molecular weight excluding hydrogens is 576 g/mol. The number of hydrogen-bond donors (Lipinski definition) is 2. The summed E-state index contributed by atoms with van der Waals surface area (Å²) < 4.78 is 16.5. The van der Waals surface area contributed by atoms with Crippen LogP contribution in [0.15, 0.2) is 36.4 Å². The van der Waals surface area contributed by atoms with Gasteiger partial charge in [0.05, 0.1) is 19.8 Å². The van der Waals surface area contributed by atoms with E-state index >= 15 is 0 Å². The summed E-state index contributed by atoms with van der Waals surface area (Å²) in [6, 6.07) is 9.45. The lowest BCUT2D eigenvalue weighted by Crippen LogP contribution is -2.47. The van der Waals surface area contributed by atoms with Gasteiger partial charge >= 0.3 is 0 Å². The Hall–Kier alpha value is -3.99. The molecule has 1 atom stereocenters. The number of fused-ring (bicyclic) bond motifs is 2. The van der Waals surface area contributed by atoms with E-state index in [1.54, 1.807) is 54.1 Å². The van der Waals surface area contributed by atoms with E-state index in [-0.39, 0.29) is 30.7 Å². The van der Waals surface area contributed by atoms with E-state index in [9.17, 15) is 19.2 Å². The van der Waals surface area contributed by atoms with E-state index < -0.39 is 11.9 Å². The standard InChI is InChI=1S/C31H41ClN4O7/c1-21-30(39)35(2)15-5-6-16-36(31(40)24-19-23(32)10-12-25(24)41-3)17-7-14-33-28(37)13-9-22-8-11-26(42-4)27(18-22)43-20-29(38)34-21/h8,10-12,18-19,21H,5-7,9,13-17,20H2,1-4H3,(H,33,37)(H,34,38)/t21-/m0/s1. The van der Waals surface area contributed by atoms with E-state index in [1.807, 2.05) is 6.07 Å². The summed E-state index contributed by atoms with van der Waals surface area (Å²) >= 11 is 6.18. The van der Waals surface area contributed by atoms with E-state index in [0.717, 1.165) is 5.56 Å². The van der Waals surface area contributed by atoms with Gasteiger partial charge < -0.3 is 34.6 Å². The second-order valence-corrected chi connectivity index (χ2v) is 10.8. The fraction of sp³-hybridized carbons (Fsp3) is 0.484. The molecule has 1 heterocycles. The van der Waals surface area contributed by atoms with Gasteiger partial charge in [0.2, 0.25) is 11.8 Å². The van der Waals surface area contributed by atoms with Gasteiger partial charge in [-0.05, 0) is 68.5 Å². The summed E-state index contributed by atoms with van der Waals surface area (Å²) in [6.07, 6.45) is 2.52. The molecule has 234 valence electrons. The van der Waals surface area contributed by atoms with Gasteiger partial charge in [-0.25, -0.2) is 0 Å². The highest BCUT2D eigenvalue weighted by Crippen LogP contribution is 2.29. The van der Waals surface area contributed by atoms with Crippen molar-refractivity contribution in [2.24, 2.45) is 0 Å². The Morgan fingerprint density at radius 1 is 0.930 bits per heavy atom. The summed E-state index contributed by atoms with van der Waals surface area (Å²) in [5, 5.41) is 6.03. The minimum Gasteiger partial charge on any atom is -0.496 e. The molecule has 0 aromatic heterocycles. The highest BCUT2D eigenvalue weighted by atomic mass is 35.5. The van der Waals surface area contributed by atoms with Gasteiger partial charge in [0.15, 0.2) is 18.1 Å². The predicted molar refractivity (Wildman–Crippen MR) is 163 cm³/mol. The maximum absolute atomic E-state index is 13.5. The van der Waals surface area contributed by atoms with Crippen LogP contribution in [0.3, 0.4) is 0 Å². The predicted octanol–water partition coefficient (Wildman–Crippen LogP) is 3.07. The number of hydrogen-bond acceptors (Lipinski definition) is 7. The zero-order valence-corrected chi connectivity index (χ0v) is 26.0. The Morgan fingerprint density at radius 3 is 2.37 bits per heavy atom. The van der Waals surface area contributed by atoms with Crippen molar-refractivity contribution in [3.05, 3.63) is 52.5 Å². The number of amides is 4. The first-order valence-corrected chi connectivity index (χ1v) is 14.7. The molecule has 2 N–H and O–H groups in total. The number of rotatable bonds is 3. The first kappa shape index (κ1) is 33.5. The average Bonchev–Trinajstić information content (AvgIpc) is 3.00. The lowest BCUT2D eigenvalue weighted by Gasteiger charge is -2.25. The monoisotopic (exact) mass is 616 g/mol. The molecule has 4 amide bonds. The molecular formula is C31H41ClN4O7. The van der Waals surface area contributed by atoms with Crippen LogP contribution in [0.5, 0.6) is 17.2 Å². The number of methoxy groups -OCH3 is 2. The number of nitrogens with zero attached hydrogens (tertiary/aromatic N) is 2. The summed E-state index contributed by atoms with van der Waals surface area (Å²) in [7, 11) is 4.68. The lowest BCUT2D eigenvalue weighted by molar-refractivity contribution is -0.135. The summed E-state index contributed by atoms with van der Waals surface area (Å²) in [6.45, 7) is 3.01. The van der Waals surface area contributed by atoms with Crippen LogP contribution < -0.4 is 24.8 Å². The van der Waals surface area contributed by atoms with Gasteiger partial charge in [0.25, 0.3) is 11.8 Å². The molecule has 3 rings (SSSR count). The summed E-state index contributed by atoms with van der Waals surface area (Å²) in [5.74, 6) is 0.226. The Morgan fingerprint density at radius 2 is 1.63 bits per heavy atom. The van der Waals surface area contributed by atoms with Crippen molar-refractivity contribution in [2.45, 2.75) is 45.1 Å². The van der Waals surface area contributed by atoms with E-state index in [0.29, 0.717) is 79.7 Å². The van der Waals surface area contributed by atoms with Gasteiger partial charge in [0, 0.05) is 44.7 Å². The van der Waals surface area contributed by atoms with Crippen molar-refractivity contribution >= 4 is 35.2 Å². The molecule has 11 nitrogen and oxygen atoms in total. The largest absolute Gasteiger partial charge is 0.496 e. The number of likely N-dealkylation sites (N-methyl/N-ethyl adjacent to an activating group) is 1. The molecule has 0 aliphatic carbocycles. The molecule has 0 saturated carbocycles. The van der Waals surface area contributed by atoms with Crippen LogP contribution in [0.4, 0.5) is 0 Å². The van der Waals surface area contributed by atoms with Crippen LogP contribution in [0.25, 0.3) is 0 Å². The topological polar surface area (TPSA) is 127 Å². The van der Waals surface area contributed by atoms with Gasteiger partial charge in [-0.15, -0.1) is 0 Å². The smallest absolute Gasteiger partial charge is 0.258 e. The molecule has 43 heavy (non-hydrogen) atoms. The first-order valence-electron chi connectivity index (χ1n) is 14.4. The average molecular weight is 617 g/mol. The minimum absolute atomic E-state index is 0.115. The number of benzene rings is 2. The van der Waals surface area contributed by atoms with Crippen molar-refractivity contribution in [1.29, 1.82) is 0 Å². The van der Waals surface area contributed by atoms with Crippen LogP contribution in [0, 0.1) is 0 Å². The number of aryl methyl sites for hydroxylation is 1. The minimum atomic E-state index is -0.751. The molecule has 1 aliphatic rings. The van der Waals surface area contributed by atoms with Gasteiger partial charge in [-0.1, -0.05) is 17.7 Å². The van der Waals surface area contributed by atoms with Crippen LogP contribution in [0.2, 0.25) is 5.02 Å². The summed E-state index contributed by atoms with van der Waals surface area (Å²) in [5.41, 5.74) is 1.20. The second-order valence-electron chi connectivity index (χ2n) is 10.4. The highest BCUT2D eigenvalue weighted by molar-refractivity contribution is 6.31. The Balaban J connectivity index is 1.76. The maximum atomic E-state index is 13.5. The molecule has 12 heteroatoms. The SMILES string of the molecule is COc1ccc2cc1OCC(=O)N[C@@H](C)C(=O)N(C)CCCCN(C(=O)c1cc(Cl)ccc1OC)CCCNC(=O)CC2. The fourth-order valence-corrected chi connectivity index (χ4v) is 4.92. The summed E-state index contributed by atoms with van der Waals surface area (Å²) in [4.78, 5) is 54.9. The molecule has 1 aliphatic heterocycles. The molecule has 0 radical (unpaired) electrons. The number of halogens is 1. The van der Waals surface area contributed by atoms with E-state index in [2.05, 4.69) is 10.6 Å². The zero-order valence-electron chi connectivity index (χ0n) is 25.2. The number of carbonyl (C=O) groups excluding carboxylic acids is 4. The molecule has 2 aromatic rings. The number of ether oxygens (including phenoxy) is 3. The van der Waals surface area contributed by atoms with Gasteiger partial charge in [-0.3, -0.25) is 19.2 Å². The van der Waals surface area contributed by atoms with Crippen molar-refractivity contribution in [3.8, 4) is 17.2 Å². The lowest BCUT2D eigenvalue weighted by atomic mass is 10.1. The Kier molecular flexibility index (Phi) is 12.9. The quantitative estimate of drug-likeness (QED) is 0.543. The highest BCUT2D eigenvalue weighted by Gasteiger charge is 2.22. The van der Waals surface area contributed by atoms with Gasteiger partial charge in [0.1, 0.15) is 11.8 Å². The number of carbonyl (C=O) groups is 4. The normalized spacial score (nSPS) is 18.3. The molecule has 0 fully saturated rings. The number of nitrogens with one attached hydrogen (secondary N) is 2. The molecule has 2 bridgehead atoms. The van der Waals surface area contributed by atoms with Crippen molar-refractivity contribution in [2.75, 3.05) is 54.1 Å². The molecule has 0 saturated heterocycles. The maximum Gasteiger partial charge on any atom is 0.258 e. The third-order valence-electron chi connectivity index (χ3n) is 7.13. The van der Waals surface area contributed by atoms with Crippen LogP contribution in [-0.2, 0) is 20.8 Å². The first-order chi connectivity index (χ1) is 20.6. The second kappa shape index (κ2) is 16.6.